The maximum Gasteiger partial charge on any atom is 0.251 e. The van der Waals surface area contributed by atoms with Crippen LogP contribution in [0, 0.1) is 13.8 Å². The number of benzene rings is 2. The molecule has 0 saturated carbocycles. The van der Waals surface area contributed by atoms with Crippen LogP contribution in [0.1, 0.15) is 46.9 Å². The number of carbonyl (C=O) groups is 1. The summed E-state index contributed by atoms with van der Waals surface area (Å²) in [6, 6.07) is 12.6. The van der Waals surface area contributed by atoms with Crippen LogP contribution >= 0.6 is 0 Å². The van der Waals surface area contributed by atoms with E-state index < -0.39 is 10.0 Å². The molecule has 26 heavy (non-hydrogen) atoms. The third-order valence-corrected chi connectivity index (χ3v) is 6.30. The molecule has 0 aromatic heterocycles. The SMILES string of the molecule is CCS(=O)(=O)N(C)c1ccc(C(=O)N[C@@H](C)c2cc(C)ccc2C)cc1. The van der Waals surface area contributed by atoms with Crippen molar-refractivity contribution in [3.63, 3.8) is 0 Å². The molecule has 0 aliphatic rings. The van der Waals surface area contributed by atoms with Crippen LogP contribution in [-0.2, 0) is 10.0 Å². The largest absolute Gasteiger partial charge is 0.346 e. The van der Waals surface area contributed by atoms with Gasteiger partial charge in [0.05, 0.1) is 17.5 Å². The number of aryl methyl sites for hydroxylation is 2. The number of carbonyl (C=O) groups excluding carboxylic acids is 1. The smallest absolute Gasteiger partial charge is 0.251 e. The lowest BCUT2D eigenvalue weighted by Crippen LogP contribution is -2.29. The van der Waals surface area contributed by atoms with Gasteiger partial charge < -0.3 is 5.32 Å². The first-order chi connectivity index (χ1) is 12.2. The fourth-order valence-electron chi connectivity index (χ4n) is 2.76. The van der Waals surface area contributed by atoms with E-state index in [4.69, 9.17) is 0 Å². The van der Waals surface area contributed by atoms with Crippen LogP contribution in [0.3, 0.4) is 0 Å². The first-order valence-electron chi connectivity index (χ1n) is 8.60. The molecule has 0 fully saturated rings. The molecule has 5 nitrogen and oxygen atoms in total. The number of sulfonamides is 1. The third-order valence-electron chi connectivity index (χ3n) is 4.52. The van der Waals surface area contributed by atoms with Gasteiger partial charge in [-0.3, -0.25) is 9.10 Å². The summed E-state index contributed by atoms with van der Waals surface area (Å²) in [5, 5.41) is 3.00. The zero-order chi connectivity index (χ0) is 19.5. The van der Waals surface area contributed by atoms with Crippen LogP contribution in [-0.4, -0.2) is 27.1 Å². The summed E-state index contributed by atoms with van der Waals surface area (Å²) in [6.45, 7) is 7.60. The van der Waals surface area contributed by atoms with Gasteiger partial charge in [0, 0.05) is 12.6 Å². The number of nitrogens with zero attached hydrogens (tertiary/aromatic N) is 1. The molecule has 2 aromatic rings. The lowest BCUT2D eigenvalue weighted by atomic mass is 9.99. The lowest BCUT2D eigenvalue weighted by Gasteiger charge is -2.19. The number of anilines is 1. The fraction of sp³-hybridized carbons (Fsp3) is 0.350. The Labute approximate surface area is 156 Å². The molecule has 0 bridgehead atoms. The minimum atomic E-state index is -3.32. The van der Waals surface area contributed by atoms with Crippen LogP contribution in [0.25, 0.3) is 0 Å². The van der Waals surface area contributed by atoms with Gasteiger partial charge >= 0.3 is 0 Å². The average molecular weight is 375 g/mol. The van der Waals surface area contributed by atoms with Crippen LogP contribution < -0.4 is 9.62 Å². The van der Waals surface area contributed by atoms with Gasteiger partial charge in [0.2, 0.25) is 10.0 Å². The molecule has 0 aliphatic carbocycles. The summed E-state index contributed by atoms with van der Waals surface area (Å²) >= 11 is 0. The molecular formula is C20H26N2O3S. The Morgan fingerprint density at radius 2 is 1.73 bits per heavy atom. The molecule has 140 valence electrons. The Morgan fingerprint density at radius 3 is 2.31 bits per heavy atom. The van der Waals surface area contributed by atoms with Crippen molar-refractivity contribution < 1.29 is 13.2 Å². The highest BCUT2D eigenvalue weighted by Crippen LogP contribution is 2.21. The van der Waals surface area contributed by atoms with Crippen molar-refractivity contribution in [2.75, 3.05) is 17.1 Å². The Bertz CT molecular complexity index is 890. The molecule has 1 N–H and O–H groups in total. The minimum absolute atomic E-state index is 0.0269. The first kappa shape index (κ1) is 20.0. The van der Waals surface area contributed by atoms with E-state index in [0.717, 1.165) is 16.7 Å². The Kier molecular flexibility index (Phi) is 6.08. The third kappa shape index (κ3) is 4.43. The van der Waals surface area contributed by atoms with E-state index >= 15 is 0 Å². The number of amides is 1. The number of hydrogen-bond acceptors (Lipinski definition) is 3. The van der Waals surface area contributed by atoms with Gasteiger partial charge in [-0.25, -0.2) is 8.42 Å². The van der Waals surface area contributed by atoms with E-state index in [1.165, 1.54) is 11.4 Å². The lowest BCUT2D eigenvalue weighted by molar-refractivity contribution is 0.0940. The number of rotatable bonds is 6. The quantitative estimate of drug-likeness (QED) is 0.840. The van der Waals surface area contributed by atoms with Crippen LogP contribution in [0.4, 0.5) is 5.69 Å². The topological polar surface area (TPSA) is 66.5 Å². The second-order valence-corrected chi connectivity index (χ2v) is 8.76. The highest BCUT2D eigenvalue weighted by Gasteiger charge is 2.17. The molecule has 1 atom stereocenters. The summed E-state index contributed by atoms with van der Waals surface area (Å²) in [5.41, 5.74) is 4.39. The zero-order valence-electron chi connectivity index (χ0n) is 15.9. The van der Waals surface area contributed by atoms with Gasteiger partial charge in [-0.2, -0.15) is 0 Å². The molecule has 1 amide bonds. The summed E-state index contributed by atoms with van der Waals surface area (Å²) in [7, 11) is -1.81. The van der Waals surface area contributed by atoms with E-state index in [1.54, 1.807) is 31.2 Å². The van der Waals surface area contributed by atoms with E-state index in [9.17, 15) is 13.2 Å². The standard InChI is InChI=1S/C20H26N2O3S/c1-6-26(24,25)22(5)18-11-9-17(10-12-18)20(23)21-16(4)19-13-14(2)7-8-15(19)3/h7-13,16H,6H2,1-5H3,(H,21,23)/t16-/m0/s1. The highest BCUT2D eigenvalue weighted by atomic mass is 32.2. The normalized spacial score (nSPS) is 12.5. The average Bonchev–Trinajstić information content (AvgIpc) is 2.63. The molecule has 0 radical (unpaired) electrons. The summed E-state index contributed by atoms with van der Waals surface area (Å²) < 4.78 is 25.1. The monoisotopic (exact) mass is 374 g/mol. The van der Waals surface area contributed by atoms with Gasteiger partial charge in [0.1, 0.15) is 0 Å². The molecule has 2 rings (SSSR count). The van der Waals surface area contributed by atoms with Gasteiger partial charge in [-0.1, -0.05) is 23.8 Å². The van der Waals surface area contributed by atoms with E-state index in [2.05, 4.69) is 11.4 Å². The molecule has 2 aromatic carbocycles. The zero-order valence-corrected chi connectivity index (χ0v) is 16.7. The van der Waals surface area contributed by atoms with Gasteiger partial charge in [0.15, 0.2) is 0 Å². The molecule has 0 spiro atoms. The maximum atomic E-state index is 12.5. The van der Waals surface area contributed by atoms with Crippen LogP contribution in [0.15, 0.2) is 42.5 Å². The molecule has 0 aliphatic heterocycles. The minimum Gasteiger partial charge on any atom is -0.346 e. The van der Waals surface area contributed by atoms with Crippen molar-refractivity contribution in [2.24, 2.45) is 0 Å². The van der Waals surface area contributed by atoms with Gasteiger partial charge in [-0.05, 0) is 63.1 Å². The van der Waals surface area contributed by atoms with Crippen molar-refractivity contribution in [1.29, 1.82) is 0 Å². The van der Waals surface area contributed by atoms with Crippen molar-refractivity contribution >= 4 is 21.6 Å². The second kappa shape index (κ2) is 7.91. The number of hydrogen-bond donors (Lipinski definition) is 1. The predicted molar refractivity (Wildman–Crippen MR) is 106 cm³/mol. The van der Waals surface area contributed by atoms with Crippen molar-refractivity contribution in [1.82, 2.24) is 5.32 Å². The molecule has 6 heteroatoms. The van der Waals surface area contributed by atoms with E-state index in [-0.39, 0.29) is 17.7 Å². The van der Waals surface area contributed by atoms with Crippen molar-refractivity contribution in [3.8, 4) is 0 Å². The maximum absolute atomic E-state index is 12.5. The van der Waals surface area contributed by atoms with Crippen LogP contribution in [0.5, 0.6) is 0 Å². The van der Waals surface area contributed by atoms with E-state index in [1.807, 2.05) is 32.9 Å². The molecule has 0 saturated heterocycles. The van der Waals surface area contributed by atoms with Gasteiger partial charge in [0.25, 0.3) is 5.91 Å². The summed E-state index contributed by atoms with van der Waals surface area (Å²) in [4.78, 5) is 12.5. The fourth-order valence-corrected chi connectivity index (χ4v) is 3.59. The Hall–Kier alpha value is -2.34. The molecule has 0 unspecified atom stereocenters. The van der Waals surface area contributed by atoms with Crippen molar-refractivity contribution in [3.05, 3.63) is 64.7 Å². The van der Waals surface area contributed by atoms with Gasteiger partial charge in [-0.15, -0.1) is 0 Å². The Morgan fingerprint density at radius 1 is 1.12 bits per heavy atom. The molecule has 0 heterocycles. The van der Waals surface area contributed by atoms with Crippen LogP contribution in [0.2, 0.25) is 0 Å². The summed E-state index contributed by atoms with van der Waals surface area (Å²) in [5.74, 6) is -0.162. The molecular weight excluding hydrogens is 348 g/mol. The highest BCUT2D eigenvalue weighted by molar-refractivity contribution is 7.92. The number of nitrogens with one attached hydrogen (secondary N) is 1. The second-order valence-electron chi connectivity index (χ2n) is 6.47. The van der Waals surface area contributed by atoms with Crippen molar-refractivity contribution in [2.45, 2.75) is 33.7 Å². The van der Waals surface area contributed by atoms with E-state index in [0.29, 0.717) is 11.3 Å². The Balaban J connectivity index is 2.14. The predicted octanol–water partition coefficient (Wildman–Crippen LogP) is 3.58. The summed E-state index contributed by atoms with van der Waals surface area (Å²) in [6.07, 6.45) is 0. The first-order valence-corrected chi connectivity index (χ1v) is 10.2.